The first kappa shape index (κ1) is 13.2. The van der Waals surface area contributed by atoms with Crippen LogP contribution >= 0.6 is 0 Å². The predicted molar refractivity (Wildman–Crippen MR) is 73.8 cm³/mol. The summed E-state index contributed by atoms with van der Waals surface area (Å²) in [6.07, 6.45) is 3.49. The van der Waals surface area contributed by atoms with Crippen LogP contribution in [0.15, 0.2) is 12.1 Å². The van der Waals surface area contributed by atoms with E-state index in [-0.39, 0.29) is 0 Å². The van der Waals surface area contributed by atoms with Gasteiger partial charge in [-0.15, -0.1) is 0 Å². The highest BCUT2D eigenvalue weighted by molar-refractivity contribution is 5.52. The van der Waals surface area contributed by atoms with Crippen LogP contribution in [-0.2, 0) is 6.42 Å². The molecule has 1 saturated heterocycles. The molecule has 1 heterocycles. The quantitative estimate of drug-likeness (QED) is 0.890. The molecule has 0 amide bonds. The Hall–Kier alpha value is -1.22. The molecule has 1 fully saturated rings. The van der Waals surface area contributed by atoms with Gasteiger partial charge in [0.15, 0.2) is 11.5 Å². The Kier molecular flexibility index (Phi) is 4.48. The highest BCUT2D eigenvalue weighted by Crippen LogP contribution is 2.38. The summed E-state index contributed by atoms with van der Waals surface area (Å²) in [6.45, 7) is 4.39. The Labute approximate surface area is 109 Å². The molecule has 1 atom stereocenters. The average Bonchev–Trinajstić information content (AvgIpc) is 2.46. The summed E-state index contributed by atoms with van der Waals surface area (Å²) in [5, 5.41) is 3.48. The van der Waals surface area contributed by atoms with Crippen molar-refractivity contribution in [1.29, 1.82) is 0 Å². The van der Waals surface area contributed by atoms with Gasteiger partial charge in [-0.05, 0) is 43.4 Å². The van der Waals surface area contributed by atoms with E-state index in [9.17, 15) is 0 Å². The first-order valence-electron chi connectivity index (χ1n) is 6.76. The standard InChI is InChI=1S/C15H23NO2/c1-4-12-13(11-6-5-9-16-10-11)7-8-14(17-2)15(12)18-3/h7-8,11,16H,4-6,9-10H2,1-3H3. The third-order valence-corrected chi connectivity index (χ3v) is 3.77. The summed E-state index contributed by atoms with van der Waals surface area (Å²) in [6, 6.07) is 4.24. The highest BCUT2D eigenvalue weighted by atomic mass is 16.5. The number of ether oxygens (including phenoxy) is 2. The van der Waals surface area contributed by atoms with Crippen LogP contribution in [0.4, 0.5) is 0 Å². The van der Waals surface area contributed by atoms with Gasteiger partial charge in [0.1, 0.15) is 0 Å². The number of benzene rings is 1. The first-order valence-corrected chi connectivity index (χ1v) is 6.76. The van der Waals surface area contributed by atoms with Gasteiger partial charge in [-0.3, -0.25) is 0 Å². The average molecular weight is 249 g/mol. The molecule has 1 aromatic rings. The Morgan fingerprint density at radius 2 is 2.11 bits per heavy atom. The van der Waals surface area contributed by atoms with Crippen LogP contribution in [-0.4, -0.2) is 27.3 Å². The van der Waals surface area contributed by atoms with E-state index in [1.165, 1.54) is 24.0 Å². The monoisotopic (exact) mass is 249 g/mol. The smallest absolute Gasteiger partial charge is 0.164 e. The fourth-order valence-electron chi connectivity index (χ4n) is 2.87. The molecule has 100 valence electrons. The molecule has 1 aromatic carbocycles. The van der Waals surface area contributed by atoms with Crippen molar-refractivity contribution in [2.75, 3.05) is 27.3 Å². The fraction of sp³-hybridized carbons (Fsp3) is 0.600. The van der Waals surface area contributed by atoms with Crippen LogP contribution in [0, 0.1) is 0 Å². The van der Waals surface area contributed by atoms with E-state index in [1.807, 2.05) is 6.07 Å². The van der Waals surface area contributed by atoms with Gasteiger partial charge in [0, 0.05) is 12.1 Å². The predicted octanol–water partition coefficient (Wildman–Crippen LogP) is 2.73. The SMILES string of the molecule is CCc1c(C2CCCNC2)ccc(OC)c1OC. The van der Waals surface area contributed by atoms with Gasteiger partial charge < -0.3 is 14.8 Å². The molecular weight excluding hydrogens is 226 g/mol. The summed E-state index contributed by atoms with van der Waals surface area (Å²) in [7, 11) is 3.42. The lowest BCUT2D eigenvalue weighted by Crippen LogP contribution is -2.29. The van der Waals surface area contributed by atoms with Gasteiger partial charge in [-0.25, -0.2) is 0 Å². The van der Waals surface area contributed by atoms with Gasteiger partial charge in [0.25, 0.3) is 0 Å². The van der Waals surface area contributed by atoms with E-state index in [1.54, 1.807) is 14.2 Å². The molecule has 0 aliphatic carbocycles. The van der Waals surface area contributed by atoms with E-state index in [0.717, 1.165) is 31.0 Å². The van der Waals surface area contributed by atoms with Crippen molar-refractivity contribution >= 4 is 0 Å². The number of methoxy groups -OCH3 is 2. The second kappa shape index (κ2) is 6.10. The number of piperidine rings is 1. The molecule has 1 unspecified atom stereocenters. The molecule has 0 radical (unpaired) electrons. The van der Waals surface area contributed by atoms with Crippen molar-refractivity contribution in [2.45, 2.75) is 32.1 Å². The largest absolute Gasteiger partial charge is 0.493 e. The lowest BCUT2D eigenvalue weighted by Gasteiger charge is -2.26. The van der Waals surface area contributed by atoms with Gasteiger partial charge in [0.2, 0.25) is 0 Å². The van der Waals surface area contributed by atoms with Gasteiger partial charge in [0.05, 0.1) is 14.2 Å². The zero-order chi connectivity index (χ0) is 13.0. The van der Waals surface area contributed by atoms with Crippen LogP contribution in [0.25, 0.3) is 0 Å². The van der Waals surface area contributed by atoms with E-state index in [4.69, 9.17) is 9.47 Å². The van der Waals surface area contributed by atoms with E-state index >= 15 is 0 Å². The normalized spacial score (nSPS) is 19.6. The molecule has 2 rings (SSSR count). The third-order valence-electron chi connectivity index (χ3n) is 3.77. The topological polar surface area (TPSA) is 30.5 Å². The van der Waals surface area contributed by atoms with E-state index in [0.29, 0.717) is 5.92 Å². The Morgan fingerprint density at radius 3 is 2.67 bits per heavy atom. The van der Waals surface area contributed by atoms with Crippen LogP contribution in [0.3, 0.4) is 0 Å². The van der Waals surface area contributed by atoms with Crippen molar-refractivity contribution < 1.29 is 9.47 Å². The minimum absolute atomic E-state index is 0.605. The van der Waals surface area contributed by atoms with E-state index < -0.39 is 0 Å². The maximum atomic E-state index is 5.54. The van der Waals surface area contributed by atoms with Crippen molar-refractivity contribution in [3.8, 4) is 11.5 Å². The van der Waals surface area contributed by atoms with Crippen molar-refractivity contribution in [3.05, 3.63) is 23.3 Å². The number of nitrogens with one attached hydrogen (secondary N) is 1. The maximum absolute atomic E-state index is 5.54. The van der Waals surface area contributed by atoms with Gasteiger partial charge in [-0.1, -0.05) is 13.0 Å². The molecule has 3 heteroatoms. The summed E-state index contributed by atoms with van der Waals surface area (Å²) < 4.78 is 10.9. The minimum Gasteiger partial charge on any atom is -0.493 e. The van der Waals surface area contributed by atoms with Crippen LogP contribution < -0.4 is 14.8 Å². The first-order chi connectivity index (χ1) is 8.81. The fourth-order valence-corrected chi connectivity index (χ4v) is 2.87. The Morgan fingerprint density at radius 1 is 1.28 bits per heavy atom. The lowest BCUT2D eigenvalue weighted by molar-refractivity contribution is 0.350. The molecular formula is C15H23NO2. The Bertz CT molecular complexity index is 398. The lowest BCUT2D eigenvalue weighted by atomic mass is 9.87. The molecule has 0 aromatic heterocycles. The summed E-state index contributed by atoms with van der Waals surface area (Å²) in [4.78, 5) is 0. The Balaban J connectivity index is 2.40. The number of hydrogen-bond acceptors (Lipinski definition) is 3. The second-order valence-electron chi connectivity index (χ2n) is 4.77. The number of hydrogen-bond donors (Lipinski definition) is 1. The minimum atomic E-state index is 0.605. The maximum Gasteiger partial charge on any atom is 0.164 e. The number of rotatable bonds is 4. The highest BCUT2D eigenvalue weighted by Gasteiger charge is 2.21. The molecule has 3 nitrogen and oxygen atoms in total. The van der Waals surface area contributed by atoms with Gasteiger partial charge >= 0.3 is 0 Å². The molecule has 0 saturated carbocycles. The molecule has 0 bridgehead atoms. The molecule has 1 aliphatic heterocycles. The zero-order valence-corrected chi connectivity index (χ0v) is 11.6. The summed E-state index contributed by atoms with van der Waals surface area (Å²) in [5.74, 6) is 2.35. The molecule has 1 aliphatic rings. The summed E-state index contributed by atoms with van der Waals surface area (Å²) in [5.41, 5.74) is 2.72. The molecule has 0 spiro atoms. The van der Waals surface area contributed by atoms with Crippen LogP contribution in [0.2, 0.25) is 0 Å². The van der Waals surface area contributed by atoms with Crippen LogP contribution in [0.5, 0.6) is 11.5 Å². The van der Waals surface area contributed by atoms with Crippen molar-refractivity contribution in [2.24, 2.45) is 0 Å². The van der Waals surface area contributed by atoms with Crippen molar-refractivity contribution in [3.63, 3.8) is 0 Å². The molecule has 18 heavy (non-hydrogen) atoms. The van der Waals surface area contributed by atoms with Gasteiger partial charge in [-0.2, -0.15) is 0 Å². The van der Waals surface area contributed by atoms with Crippen LogP contribution in [0.1, 0.15) is 36.8 Å². The third kappa shape index (κ3) is 2.46. The second-order valence-corrected chi connectivity index (χ2v) is 4.77. The summed E-state index contributed by atoms with van der Waals surface area (Å²) >= 11 is 0. The molecule has 1 N–H and O–H groups in total. The van der Waals surface area contributed by atoms with Crippen molar-refractivity contribution in [1.82, 2.24) is 5.32 Å². The van der Waals surface area contributed by atoms with E-state index in [2.05, 4.69) is 18.3 Å². The zero-order valence-electron chi connectivity index (χ0n) is 11.6.